The second-order valence-electron chi connectivity index (χ2n) is 11.9. The molecule has 0 spiro atoms. The molecule has 2 aliphatic carbocycles. The number of aromatic nitrogens is 1. The number of esters is 2. The standard InChI is InChI=1S/C34H39N3O7S/c1-19(2)28(16-29(44-20(3)38)31-35-27(18-45-31)33(40)42-5)37(4)32(39)30(21-14-15-21)36-34(41)43-17-26-24-12-8-6-10-22(24)23-11-7-9-13-25(23)26/h6-13,18-19,21,26,28-30H,14-17H2,1-5H3,(H,36,41)/t28-,29-,30+/m1/s1. The Balaban J connectivity index is 1.27. The summed E-state index contributed by atoms with van der Waals surface area (Å²) in [5.41, 5.74) is 4.63. The van der Waals surface area contributed by atoms with Crippen LogP contribution in [0.15, 0.2) is 53.9 Å². The number of methoxy groups -OCH3 is 1. The number of carbonyl (C=O) groups is 4. The Morgan fingerprint density at radius 2 is 1.64 bits per heavy atom. The van der Waals surface area contributed by atoms with Crippen LogP contribution >= 0.6 is 11.3 Å². The van der Waals surface area contributed by atoms with Gasteiger partial charge in [-0.05, 0) is 46.9 Å². The maximum Gasteiger partial charge on any atom is 0.407 e. The Kier molecular flexibility index (Phi) is 9.86. The van der Waals surface area contributed by atoms with E-state index in [0.717, 1.165) is 35.1 Å². The van der Waals surface area contributed by atoms with Gasteiger partial charge >= 0.3 is 18.0 Å². The number of hydrogen-bond donors (Lipinski definition) is 1. The summed E-state index contributed by atoms with van der Waals surface area (Å²) in [6, 6.07) is 15.1. The summed E-state index contributed by atoms with van der Waals surface area (Å²) in [5.74, 6) is -1.42. The fraction of sp³-hybridized carbons (Fsp3) is 0.441. The number of nitrogens with zero attached hydrogens (tertiary/aromatic N) is 2. The largest absolute Gasteiger partial charge is 0.464 e. The number of carbonyl (C=O) groups excluding carboxylic acids is 4. The van der Waals surface area contributed by atoms with Gasteiger partial charge in [-0.2, -0.15) is 0 Å². The number of nitrogens with one attached hydrogen (secondary N) is 1. The van der Waals surface area contributed by atoms with E-state index in [1.54, 1.807) is 17.3 Å². The molecule has 1 N–H and O–H groups in total. The summed E-state index contributed by atoms with van der Waals surface area (Å²) in [6.07, 6.45) is 0.503. The molecule has 11 heteroatoms. The van der Waals surface area contributed by atoms with E-state index in [1.165, 1.54) is 25.4 Å². The van der Waals surface area contributed by atoms with Crippen molar-refractivity contribution >= 4 is 35.3 Å². The van der Waals surface area contributed by atoms with E-state index < -0.39 is 30.2 Å². The molecule has 45 heavy (non-hydrogen) atoms. The quantitative estimate of drug-likeness (QED) is 0.198. The van der Waals surface area contributed by atoms with Gasteiger partial charge in [0.05, 0.1) is 7.11 Å². The van der Waals surface area contributed by atoms with Crippen LogP contribution in [0.25, 0.3) is 11.1 Å². The van der Waals surface area contributed by atoms with Crippen LogP contribution in [-0.2, 0) is 23.8 Å². The molecule has 1 fully saturated rings. The van der Waals surface area contributed by atoms with E-state index in [9.17, 15) is 19.2 Å². The minimum Gasteiger partial charge on any atom is -0.464 e. The van der Waals surface area contributed by atoms with Crippen molar-refractivity contribution in [1.29, 1.82) is 0 Å². The number of ether oxygens (including phenoxy) is 3. The van der Waals surface area contributed by atoms with Crippen molar-refractivity contribution in [3.8, 4) is 11.1 Å². The summed E-state index contributed by atoms with van der Waals surface area (Å²) in [7, 11) is 2.97. The first kappa shape index (κ1) is 32.2. The van der Waals surface area contributed by atoms with E-state index in [2.05, 4.69) is 34.6 Å². The first-order chi connectivity index (χ1) is 21.6. The van der Waals surface area contributed by atoms with Crippen molar-refractivity contribution in [2.45, 2.75) is 64.1 Å². The highest BCUT2D eigenvalue weighted by Crippen LogP contribution is 2.44. The summed E-state index contributed by atoms with van der Waals surface area (Å²) in [4.78, 5) is 57.1. The van der Waals surface area contributed by atoms with Crippen LogP contribution < -0.4 is 5.32 Å². The smallest absolute Gasteiger partial charge is 0.407 e. The lowest BCUT2D eigenvalue weighted by atomic mass is 9.95. The number of rotatable bonds is 12. The molecule has 3 atom stereocenters. The Bertz CT molecular complexity index is 1520. The molecule has 0 aliphatic heterocycles. The molecule has 2 amide bonds. The molecule has 0 saturated heterocycles. The molecule has 0 radical (unpaired) electrons. The average Bonchev–Trinajstić information content (AvgIpc) is 3.66. The SMILES string of the molecule is COC(=O)c1csc([C@@H](C[C@H](C(C)C)N(C)C(=O)[C@@H](NC(=O)OCC2c3ccccc3-c3ccccc32)C2CC2)OC(C)=O)n1. The lowest BCUT2D eigenvalue weighted by Crippen LogP contribution is -2.53. The normalized spacial score (nSPS) is 15.8. The molecule has 2 aromatic carbocycles. The summed E-state index contributed by atoms with van der Waals surface area (Å²) in [6.45, 7) is 5.42. The van der Waals surface area contributed by atoms with Crippen LogP contribution in [0.5, 0.6) is 0 Å². The summed E-state index contributed by atoms with van der Waals surface area (Å²) in [5, 5.41) is 4.86. The Labute approximate surface area is 267 Å². The highest BCUT2D eigenvalue weighted by Gasteiger charge is 2.42. The Morgan fingerprint density at radius 3 is 2.20 bits per heavy atom. The number of benzene rings is 2. The number of alkyl carbamates (subject to hydrolysis) is 1. The van der Waals surface area contributed by atoms with Gasteiger partial charge in [-0.3, -0.25) is 9.59 Å². The van der Waals surface area contributed by atoms with Crippen LogP contribution in [0.3, 0.4) is 0 Å². The zero-order chi connectivity index (χ0) is 32.2. The number of hydrogen-bond acceptors (Lipinski definition) is 9. The third-order valence-corrected chi connectivity index (χ3v) is 9.48. The molecule has 238 valence electrons. The second kappa shape index (κ2) is 13.8. The van der Waals surface area contributed by atoms with Crippen LogP contribution in [0.4, 0.5) is 4.79 Å². The van der Waals surface area contributed by atoms with Crippen LogP contribution in [0, 0.1) is 11.8 Å². The highest BCUT2D eigenvalue weighted by molar-refractivity contribution is 7.09. The molecule has 3 aromatic rings. The Morgan fingerprint density at radius 1 is 1.02 bits per heavy atom. The molecule has 2 aliphatic rings. The van der Waals surface area contributed by atoms with E-state index in [4.69, 9.17) is 14.2 Å². The van der Waals surface area contributed by atoms with Gasteiger partial charge in [0.2, 0.25) is 5.91 Å². The average molecular weight is 634 g/mol. The molecule has 10 nitrogen and oxygen atoms in total. The topological polar surface area (TPSA) is 124 Å². The van der Waals surface area contributed by atoms with E-state index in [0.29, 0.717) is 5.01 Å². The minimum atomic E-state index is -0.775. The van der Waals surface area contributed by atoms with Gasteiger partial charge in [0, 0.05) is 37.7 Å². The number of fused-ring (bicyclic) bond motifs is 3. The van der Waals surface area contributed by atoms with Gasteiger partial charge in [-0.1, -0.05) is 62.4 Å². The van der Waals surface area contributed by atoms with Crippen molar-refractivity contribution in [1.82, 2.24) is 15.2 Å². The van der Waals surface area contributed by atoms with Crippen molar-refractivity contribution in [2.24, 2.45) is 11.8 Å². The van der Waals surface area contributed by atoms with E-state index >= 15 is 0 Å². The zero-order valence-corrected chi connectivity index (χ0v) is 27.0. The molecular formula is C34H39N3O7S. The van der Waals surface area contributed by atoms with Crippen LogP contribution in [0.1, 0.15) is 78.7 Å². The van der Waals surface area contributed by atoms with Crippen LogP contribution in [0.2, 0.25) is 0 Å². The molecule has 0 unspecified atom stereocenters. The summed E-state index contributed by atoms with van der Waals surface area (Å²) < 4.78 is 16.1. The lowest BCUT2D eigenvalue weighted by molar-refractivity contribution is -0.148. The number of likely N-dealkylation sites (N-methyl/N-ethyl adjacent to an activating group) is 1. The zero-order valence-electron chi connectivity index (χ0n) is 26.1. The number of amides is 2. The summed E-state index contributed by atoms with van der Waals surface area (Å²) >= 11 is 1.19. The highest BCUT2D eigenvalue weighted by atomic mass is 32.1. The molecule has 1 heterocycles. The van der Waals surface area contributed by atoms with Gasteiger partial charge < -0.3 is 24.4 Å². The van der Waals surface area contributed by atoms with Gasteiger partial charge in [0.1, 0.15) is 17.7 Å². The predicted octanol–water partition coefficient (Wildman–Crippen LogP) is 5.72. The first-order valence-corrected chi connectivity index (χ1v) is 16.1. The van der Waals surface area contributed by atoms with Gasteiger partial charge in [-0.15, -0.1) is 11.3 Å². The fourth-order valence-corrected chi connectivity index (χ4v) is 6.92. The molecular weight excluding hydrogens is 594 g/mol. The van der Waals surface area contributed by atoms with Gasteiger partial charge in [-0.25, -0.2) is 14.6 Å². The van der Waals surface area contributed by atoms with Gasteiger partial charge in [0.15, 0.2) is 11.8 Å². The van der Waals surface area contributed by atoms with Crippen LogP contribution in [-0.4, -0.2) is 66.7 Å². The third-order valence-electron chi connectivity index (χ3n) is 8.55. The first-order valence-electron chi connectivity index (χ1n) is 15.2. The molecule has 0 bridgehead atoms. The maximum absolute atomic E-state index is 13.9. The van der Waals surface area contributed by atoms with Crippen molar-refractivity contribution in [3.05, 3.63) is 75.7 Å². The second-order valence-corrected chi connectivity index (χ2v) is 12.8. The van der Waals surface area contributed by atoms with Gasteiger partial charge in [0.25, 0.3) is 0 Å². The Hall–Kier alpha value is -4.25. The third kappa shape index (κ3) is 7.19. The maximum atomic E-state index is 13.9. The van der Waals surface area contributed by atoms with Crippen molar-refractivity contribution < 1.29 is 33.4 Å². The lowest BCUT2D eigenvalue weighted by Gasteiger charge is -2.35. The molecule has 1 aromatic heterocycles. The van der Waals surface area contributed by atoms with Crippen molar-refractivity contribution in [2.75, 3.05) is 20.8 Å². The van der Waals surface area contributed by atoms with Crippen molar-refractivity contribution in [3.63, 3.8) is 0 Å². The molecule has 5 rings (SSSR count). The van der Waals surface area contributed by atoms with E-state index in [1.807, 2.05) is 38.1 Å². The molecule has 1 saturated carbocycles. The predicted molar refractivity (Wildman–Crippen MR) is 169 cm³/mol. The number of thiazole rings is 1. The monoisotopic (exact) mass is 633 g/mol. The van der Waals surface area contributed by atoms with E-state index in [-0.39, 0.29) is 48.4 Å². The fourth-order valence-electron chi connectivity index (χ4n) is 6.09. The minimum absolute atomic E-state index is 0.0130.